The van der Waals surface area contributed by atoms with Gasteiger partial charge in [0.25, 0.3) is 0 Å². The molecule has 4 heteroatoms. The number of hydrogen-bond acceptors (Lipinski definition) is 4. The van der Waals surface area contributed by atoms with Crippen LogP contribution in [0.4, 0.5) is 0 Å². The number of rotatable bonds is 13. The number of carbonyl (C=O) groups is 1. The fraction of sp³-hybridized carbons (Fsp3) is 0.824. The lowest BCUT2D eigenvalue weighted by Crippen LogP contribution is -2.34. The summed E-state index contributed by atoms with van der Waals surface area (Å²) < 4.78 is 5.22. The summed E-state index contributed by atoms with van der Waals surface area (Å²) in [5.41, 5.74) is 5.83. The maximum absolute atomic E-state index is 11.6. The second-order valence-electron chi connectivity index (χ2n) is 5.56. The number of ether oxygens (including phenoxy) is 1. The molecule has 0 bridgehead atoms. The van der Waals surface area contributed by atoms with Gasteiger partial charge < -0.3 is 15.8 Å². The third-order valence-electron chi connectivity index (χ3n) is 3.42. The van der Waals surface area contributed by atoms with Crippen LogP contribution in [0, 0.1) is 0 Å². The third-order valence-corrected chi connectivity index (χ3v) is 3.42. The molecule has 0 aromatic rings. The van der Waals surface area contributed by atoms with Crippen LogP contribution in [-0.4, -0.2) is 31.2 Å². The maximum Gasteiger partial charge on any atom is 0.323 e. The quantitative estimate of drug-likeness (QED) is 0.311. The Balaban J connectivity index is 3.43. The second-order valence-corrected chi connectivity index (χ2v) is 5.56. The number of esters is 1. The van der Waals surface area contributed by atoms with E-state index in [0.717, 1.165) is 38.8 Å². The summed E-state index contributed by atoms with van der Waals surface area (Å²) in [6.07, 6.45) is 11.4. The summed E-state index contributed by atoms with van der Waals surface area (Å²) >= 11 is 0. The van der Waals surface area contributed by atoms with E-state index in [0.29, 0.717) is 6.42 Å². The Morgan fingerprint density at radius 3 is 2.57 bits per heavy atom. The van der Waals surface area contributed by atoms with Gasteiger partial charge in [-0.2, -0.15) is 0 Å². The number of nitrogens with two attached hydrogens (primary N) is 1. The van der Waals surface area contributed by atoms with Gasteiger partial charge in [0.2, 0.25) is 0 Å². The molecule has 2 atom stereocenters. The Hall–Kier alpha value is -0.870. The van der Waals surface area contributed by atoms with Crippen LogP contribution in [0.2, 0.25) is 0 Å². The lowest BCUT2D eigenvalue weighted by Gasteiger charge is -2.15. The lowest BCUT2D eigenvalue weighted by molar-refractivity contribution is -0.150. The summed E-state index contributed by atoms with van der Waals surface area (Å²) in [7, 11) is 0. The first-order chi connectivity index (χ1) is 10.1. The predicted molar refractivity (Wildman–Crippen MR) is 89.2 cm³/mol. The molecule has 0 spiro atoms. The van der Waals surface area contributed by atoms with Crippen molar-refractivity contribution in [3.63, 3.8) is 0 Å². The van der Waals surface area contributed by atoms with Crippen molar-refractivity contribution in [2.45, 2.75) is 77.9 Å². The third kappa shape index (κ3) is 12.6. The van der Waals surface area contributed by atoms with Gasteiger partial charge in [0.1, 0.15) is 6.04 Å². The van der Waals surface area contributed by atoms with Crippen LogP contribution < -0.4 is 11.1 Å². The molecule has 3 N–H and O–H groups in total. The highest BCUT2D eigenvalue weighted by molar-refractivity contribution is 5.75. The monoisotopic (exact) mass is 298 g/mol. The van der Waals surface area contributed by atoms with Crippen molar-refractivity contribution in [2.75, 3.05) is 13.1 Å². The van der Waals surface area contributed by atoms with E-state index in [2.05, 4.69) is 24.4 Å². The van der Waals surface area contributed by atoms with Gasteiger partial charge in [0.15, 0.2) is 0 Å². The molecule has 0 saturated carbocycles. The highest BCUT2D eigenvalue weighted by Crippen LogP contribution is 2.04. The number of nitrogens with one attached hydrogen (secondary N) is 1. The molecule has 21 heavy (non-hydrogen) atoms. The van der Waals surface area contributed by atoms with E-state index in [1.807, 2.05) is 13.8 Å². The molecular formula is C17H34N2O2. The first-order valence-corrected chi connectivity index (χ1v) is 8.43. The van der Waals surface area contributed by atoms with Crippen molar-refractivity contribution in [3.05, 3.63) is 12.2 Å². The average molecular weight is 298 g/mol. The van der Waals surface area contributed by atoms with Gasteiger partial charge in [-0.3, -0.25) is 4.79 Å². The van der Waals surface area contributed by atoms with Gasteiger partial charge in [-0.1, -0.05) is 38.8 Å². The molecule has 0 heterocycles. The van der Waals surface area contributed by atoms with Crippen molar-refractivity contribution >= 4 is 5.97 Å². The molecule has 0 radical (unpaired) electrons. The van der Waals surface area contributed by atoms with Crippen molar-refractivity contribution in [2.24, 2.45) is 5.73 Å². The van der Waals surface area contributed by atoms with Crippen molar-refractivity contribution in [1.29, 1.82) is 0 Å². The Labute approximate surface area is 130 Å². The number of carbonyl (C=O) groups excluding carboxylic acids is 1. The number of allylic oxidation sites excluding steroid dienone is 1. The molecule has 0 fully saturated rings. The maximum atomic E-state index is 11.6. The van der Waals surface area contributed by atoms with Gasteiger partial charge >= 0.3 is 5.97 Å². The summed E-state index contributed by atoms with van der Waals surface area (Å²) in [5, 5.41) is 3.40. The van der Waals surface area contributed by atoms with Crippen molar-refractivity contribution in [1.82, 2.24) is 5.32 Å². The van der Waals surface area contributed by atoms with Crippen LogP contribution in [0.3, 0.4) is 0 Å². The smallest absolute Gasteiger partial charge is 0.323 e. The first kappa shape index (κ1) is 20.1. The molecule has 0 aromatic heterocycles. The zero-order valence-electron chi connectivity index (χ0n) is 14.1. The molecular weight excluding hydrogens is 264 g/mol. The largest absolute Gasteiger partial charge is 0.462 e. The SMILES string of the molecule is CCCC=CCCNCCCC[C@H](N)C(=O)OC(C)CC. The molecule has 0 aliphatic heterocycles. The molecule has 0 amide bonds. The molecule has 0 saturated heterocycles. The Bertz CT molecular complexity index is 280. The van der Waals surface area contributed by atoms with E-state index in [1.54, 1.807) is 0 Å². The van der Waals surface area contributed by atoms with Crippen LogP contribution in [0.15, 0.2) is 12.2 Å². The molecule has 0 aromatic carbocycles. The van der Waals surface area contributed by atoms with Crippen LogP contribution in [0.25, 0.3) is 0 Å². The minimum atomic E-state index is -0.476. The topological polar surface area (TPSA) is 64.3 Å². The average Bonchev–Trinajstić information content (AvgIpc) is 2.48. The Kier molecular flexibility index (Phi) is 13.5. The van der Waals surface area contributed by atoms with E-state index in [4.69, 9.17) is 10.5 Å². The van der Waals surface area contributed by atoms with Gasteiger partial charge in [0.05, 0.1) is 6.10 Å². The standard InChI is InChI=1S/C17H34N2O2/c1-4-6-7-8-10-13-19-14-11-9-12-16(18)17(20)21-15(3)5-2/h7-8,15-16,19H,4-6,9-14,18H2,1-3H3/t15?,16-/m0/s1. The van der Waals surface area contributed by atoms with Crippen LogP contribution in [0.5, 0.6) is 0 Å². The van der Waals surface area contributed by atoms with Gasteiger partial charge in [-0.25, -0.2) is 0 Å². The molecule has 0 aliphatic rings. The van der Waals surface area contributed by atoms with Crippen LogP contribution in [0.1, 0.15) is 65.7 Å². The minimum Gasteiger partial charge on any atom is -0.462 e. The zero-order valence-corrected chi connectivity index (χ0v) is 14.1. The molecule has 1 unspecified atom stereocenters. The molecule has 4 nitrogen and oxygen atoms in total. The van der Waals surface area contributed by atoms with E-state index in [9.17, 15) is 4.79 Å². The van der Waals surface area contributed by atoms with Crippen molar-refractivity contribution < 1.29 is 9.53 Å². The highest BCUT2D eigenvalue weighted by atomic mass is 16.5. The molecule has 124 valence electrons. The highest BCUT2D eigenvalue weighted by Gasteiger charge is 2.16. The predicted octanol–water partition coefficient (Wildman–Crippen LogP) is 3.16. The zero-order chi connectivity index (χ0) is 15.9. The van der Waals surface area contributed by atoms with Crippen molar-refractivity contribution in [3.8, 4) is 0 Å². The van der Waals surface area contributed by atoms with E-state index >= 15 is 0 Å². The minimum absolute atomic E-state index is 0.0361. The normalized spacial score (nSPS) is 14.3. The Morgan fingerprint density at radius 2 is 1.90 bits per heavy atom. The lowest BCUT2D eigenvalue weighted by atomic mass is 10.1. The summed E-state index contributed by atoms with van der Waals surface area (Å²) in [6, 6.07) is -0.476. The van der Waals surface area contributed by atoms with Crippen LogP contribution in [-0.2, 0) is 9.53 Å². The van der Waals surface area contributed by atoms with Gasteiger partial charge in [0, 0.05) is 0 Å². The Morgan fingerprint density at radius 1 is 1.19 bits per heavy atom. The molecule has 0 rings (SSSR count). The molecule has 0 aliphatic carbocycles. The summed E-state index contributed by atoms with van der Waals surface area (Å²) in [5.74, 6) is -0.265. The van der Waals surface area contributed by atoms with E-state index in [1.165, 1.54) is 12.8 Å². The number of unbranched alkanes of at least 4 members (excludes halogenated alkanes) is 2. The first-order valence-electron chi connectivity index (χ1n) is 8.43. The van der Waals surface area contributed by atoms with E-state index in [-0.39, 0.29) is 12.1 Å². The second kappa shape index (κ2) is 14.1. The number of hydrogen-bond donors (Lipinski definition) is 2. The van der Waals surface area contributed by atoms with Crippen LogP contribution >= 0.6 is 0 Å². The summed E-state index contributed by atoms with van der Waals surface area (Å²) in [6.45, 7) is 8.07. The fourth-order valence-corrected chi connectivity index (χ4v) is 1.81. The fourth-order valence-electron chi connectivity index (χ4n) is 1.81. The van der Waals surface area contributed by atoms with E-state index < -0.39 is 6.04 Å². The van der Waals surface area contributed by atoms with Gasteiger partial charge in [-0.15, -0.1) is 0 Å². The summed E-state index contributed by atoms with van der Waals surface area (Å²) in [4.78, 5) is 11.6. The van der Waals surface area contributed by atoms with Gasteiger partial charge in [-0.05, 0) is 52.1 Å².